The maximum absolute atomic E-state index is 12.6. The lowest BCUT2D eigenvalue weighted by atomic mass is 9.62. The average Bonchev–Trinajstić information content (AvgIpc) is 3.08. The van der Waals surface area contributed by atoms with Crippen LogP contribution in [0, 0.1) is 34.5 Å². The van der Waals surface area contributed by atoms with Crippen LogP contribution in [-0.2, 0) is 19.1 Å². The van der Waals surface area contributed by atoms with Crippen LogP contribution in [0.3, 0.4) is 0 Å². The van der Waals surface area contributed by atoms with Gasteiger partial charge in [0.25, 0.3) is 0 Å². The predicted octanol–water partition coefficient (Wildman–Crippen LogP) is 2.90. The molecular formula is C20H26O4. The van der Waals surface area contributed by atoms with Crippen LogP contribution in [0.5, 0.6) is 0 Å². The predicted molar refractivity (Wildman–Crippen MR) is 87.0 cm³/mol. The van der Waals surface area contributed by atoms with Gasteiger partial charge in [-0.3, -0.25) is 9.59 Å². The number of epoxide rings is 1. The molecule has 2 heterocycles. The fourth-order valence-corrected chi connectivity index (χ4v) is 6.90. The topological polar surface area (TPSA) is 55.9 Å². The maximum Gasteiger partial charge on any atom is 0.317 e. The van der Waals surface area contributed by atoms with Crippen molar-refractivity contribution in [2.24, 2.45) is 34.5 Å². The lowest BCUT2D eigenvalue weighted by Gasteiger charge is -2.41. The van der Waals surface area contributed by atoms with Gasteiger partial charge in [0.05, 0.1) is 6.10 Å². The summed E-state index contributed by atoms with van der Waals surface area (Å²) in [4.78, 5) is 25.0. The molecule has 2 unspecified atom stereocenters. The number of ketones is 1. The van der Waals surface area contributed by atoms with E-state index in [2.05, 4.69) is 27.7 Å². The van der Waals surface area contributed by atoms with Gasteiger partial charge in [-0.2, -0.15) is 0 Å². The van der Waals surface area contributed by atoms with Gasteiger partial charge in [-0.1, -0.05) is 33.8 Å². The first-order valence-corrected chi connectivity index (χ1v) is 9.36. The molecule has 0 N–H and O–H groups in total. The highest BCUT2D eigenvalue weighted by Crippen LogP contribution is 2.74. The summed E-state index contributed by atoms with van der Waals surface area (Å²) in [5.41, 5.74) is -0.501. The van der Waals surface area contributed by atoms with Gasteiger partial charge in [0.2, 0.25) is 0 Å². The van der Waals surface area contributed by atoms with Crippen LogP contribution in [0.4, 0.5) is 0 Å². The Hall–Kier alpha value is -1.16. The highest BCUT2D eigenvalue weighted by molar-refractivity contribution is 6.07. The summed E-state index contributed by atoms with van der Waals surface area (Å²) in [6, 6.07) is 0. The highest BCUT2D eigenvalue weighted by atomic mass is 16.7. The Balaban J connectivity index is 1.68. The van der Waals surface area contributed by atoms with Gasteiger partial charge < -0.3 is 9.47 Å². The zero-order valence-electron chi connectivity index (χ0n) is 14.9. The third-order valence-corrected chi connectivity index (χ3v) is 8.23. The molecule has 24 heavy (non-hydrogen) atoms. The highest BCUT2D eigenvalue weighted by Gasteiger charge is 2.83. The number of carbonyl (C=O) groups is 2. The van der Waals surface area contributed by atoms with Crippen molar-refractivity contribution < 1.29 is 19.1 Å². The maximum atomic E-state index is 12.6. The van der Waals surface area contributed by atoms with Crippen molar-refractivity contribution in [3.8, 4) is 0 Å². The van der Waals surface area contributed by atoms with E-state index in [9.17, 15) is 9.59 Å². The van der Waals surface area contributed by atoms with Crippen LogP contribution < -0.4 is 0 Å². The summed E-state index contributed by atoms with van der Waals surface area (Å²) >= 11 is 0. The fraction of sp³-hybridized carbons (Fsp3) is 0.800. The van der Waals surface area contributed by atoms with E-state index in [0.717, 1.165) is 19.3 Å². The summed E-state index contributed by atoms with van der Waals surface area (Å²) in [6.07, 6.45) is 6.71. The zero-order chi connectivity index (χ0) is 17.1. The van der Waals surface area contributed by atoms with Crippen LogP contribution in [0.1, 0.15) is 47.0 Å². The summed E-state index contributed by atoms with van der Waals surface area (Å²) in [5, 5.41) is 0. The lowest BCUT2D eigenvalue weighted by Crippen LogP contribution is -2.50. The molecule has 8 atom stereocenters. The molecule has 4 fully saturated rings. The second-order valence-electron chi connectivity index (χ2n) is 9.51. The first-order chi connectivity index (χ1) is 11.2. The molecule has 5 aliphatic rings. The van der Waals surface area contributed by atoms with E-state index in [-0.39, 0.29) is 46.3 Å². The SMILES string of the molecule is CC(C)[C@H]1C[C@@H]2O[C@@]23[C@@H]2OC(=O)C4C(=O)C=C[C@@](C)(CC[C@]13C)C42. The minimum absolute atomic E-state index is 0.0168. The van der Waals surface area contributed by atoms with Gasteiger partial charge in [-0.05, 0) is 42.6 Å². The molecule has 0 aromatic carbocycles. The molecule has 2 saturated carbocycles. The molecule has 0 bridgehead atoms. The Morgan fingerprint density at radius 2 is 1.96 bits per heavy atom. The largest absolute Gasteiger partial charge is 0.458 e. The Labute approximate surface area is 143 Å². The van der Waals surface area contributed by atoms with Crippen molar-refractivity contribution in [3.63, 3.8) is 0 Å². The fourth-order valence-electron chi connectivity index (χ4n) is 6.90. The monoisotopic (exact) mass is 330 g/mol. The van der Waals surface area contributed by atoms with Gasteiger partial charge in [0.15, 0.2) is 5.78 Å². The van der Waals surface area contributed by atoms with E-state index < -0.39 is 5.92 Å². The molecule has 3 aliphatic carbocycles. The molecule has 4 nitrogen and oxygen atoms in total. The van der Waals surface area contributed by atoms with Crippen molar-refractivity contribution >= 4 is 11.8 Å². The molecule has 0 radical (unpaired) electrons. The van der Waals surface area contributed by atoms with Crippen molar-refractivity contribution in [2.45, 2.75) is 64.8 Å². The van der Waals surface area contributed by atoms with Crippen molar-refractivity contribution in [1.82, 2.24) is 0 Å². The number of hydrogen-bond donors (Lipinski definition) is 0. The second kappa shape index (κ2) is 4.14. The van der Waals surface area contributed by atoms with Crippen LogP contribution in [0.25, 0.3) is 0 Å². The standard InChI is InChI=1S/C20H26O4/c1-10(2)11-9-13-20(24-13)16-15-14(17(22)23-16)12(21)5-6-18(15,3)7-8-19(11,20)4/h5-6,10-11,13-16H,7-9H2,1-4H3/t11-,13+,14?,15?,16-,18+,19-,20-/m1/s1. The number of hydrogen-bond acceptors (Lipinski definition) is 4. The number of ether oxygens (including phenoxy) is 2. The van der Waals surface area contributed by atoms with E-state index in [4.69, 9.17) is 9.47 Å². The average molecular weight is 330 g/mol. The normalized spacial score (nSPS) is 57.3. The molecule has 0 aromatic rings. The molecule has 1 spiro atoms. The molecule has 2 aliphatic heterocycles. The molecule has 5 rings (SSSR count). The van der Waals surface area contributed by atoms with Gasteiger partial charge in [-0.25, -0.2) is 0 Å². The Bertz CT molecular complexity index is 681. The summed E-state index contributed by atoms with van der Waals surface area (Å²) in [6.45, 7) is 9.13. The summed E-state index contributed by atoms with van der Waals surface area (Å²) in [7, 11) is 0. The Kier molecular flexibility index (Phi) is 2.61. The van der Waals surface area contributed by atoms with Crippen molar-refractivity contribution in [3.05, 3.63) is 12.2 Å². The molecule has 130 valence electrons. The quantitative estimate of drug-likeness (QED) is 0.421. The van der Waals surface area contributed by atoms with Crippen molar-refractivity contribution in [1.29, 1.82) is 0 Å². The van der Waals surface area contributed by atoms with E-state index in [1.54, 1.807) is 6.08 Å². The number of esters is 1. The van der Waals surface area contributed by atoms with Gasteiger partial charge in [-0.15, -0.1) is 0 Å². The number of allylic oxidation sites excluding steroid dienone is 2. The molecule has 2 saturated heterocycles. The summed E-state index contributed by atoms with van der Waals surface area (Å²) in [5.74, 6) is 0.0654. The van der Waals surface area contributed by atoms with Crippen LogP contribution in [0.2, 0.25) is 0 Å². The van der Waals surface area contributed by atoms with Crippen LogP contribution in [-0.4, -0.2) is 29.6 Å². The Morgan fingerprint density at radius 3 is 2.67 bits per heavy atom. The lowest BCUT2D eigenvalue weighted by molar-refractivity contribution is -0.151. The van der Waals surface area contributed by atoms with Gasteiger partial charge in [0.1, 0.15) is 17.6 Å². The van der Waals surface area contributed by atoms with Gasteiger partial charge in [0, 0.05) is 11.3 Å². The third-order valence-electron chi connectivity index (χ3n) is 8.23. The van der Waals surface area contributed by atoms with Gasteiger partial charge >= 0.3 is 5.97 Å². The first-order valence-electron chi connectivity index (χ1n) is 9.36. The molecule has 0 aromatic heterocycles. The number of rotatable bonds is 1. The third kappa shape index (κ3) is 1.43. The van der Waals surface area contributed by atoms with E-state index in [1.165, 1.54) is 0 Å². The van der Waals surface area contributed by atoms with E-state index >= 15 is 0 Å². The second-order valence-corrected chi connectivity index (χ2v) is 9.51. The van der Waals surface area contributed by atoms with Crippen LogP contribution >= 0.6 is 0 Å². The van der Waals surface area contributed by atoms with Crippen LogP contribution in [0.15, 0.2) is 12.2 Å². The first kappa shape index (κ1) is 15.1. The minimum Gasteiger partial charge on any atom is -0.458 e. The summed E-state index contributed by atoms with van der Waals surface area (Å²) < 4.78 is 12.2. The smallest absolute Gasteiger partial charge is 0.317 e. The number of carbonyl (C=O) groups excluding carboxylic acids is 2. The molecule has 4 heteroatoms. The van der Waals surface area contributed by atoms with E-state index in [1.807, 2.05) is 6.08 Å². The zero-order valence-corrected chi connectivity index (χ0v) is 14.9. The van der Waals surface area contributed by atoms with Crippen molar-refractivity contribution in [2.75, 3.05) is 0 Å². The molecule has 0 amide bonds. The minimum atomic E-state index is -0.621. The molecular weight excluding hydrogens is 304 g/mol. The van der Waals surface area contributed by atoms with E-state index in [0.29, 0.717) is 11.8 Å². The Morgan fingerprint density at radius 1 is 1.21 bits per heavy atom.